The van der Waals surface area contributed by atoms with Crippen LogP contribution in [0, 0.1) is 5.92 Å². The zero-order valence-electron chi connectivity index (χ0n) is 14.8. The van der Waals surface area contributed by atoms with Gasteiger partial charge in [-0.15, -0.1) is 0 Å². The first-order chi connectivity index (χ1) is 13.2. The summed E-state index contributed by atoms with van der Waals surface area (Å²) < 4.78 is 5.49. The third-order valence-electron chi connectivity index (χ3n) is 4.91. The van der Waals surface area contributed by atoms with E-state index in [1.165, 1.54) is 0 Å². The van der Waals surface area contributed by atoms with Crippen molar-refractivity contribution in [3.05, 3.63) is 66.6 Å². The summed E-state index contributed by atoms with van der Waals surface area (Å²) >= 11 is 0. The number of fused-ring (bicyclic) bond motifs is 1. The number of pyridine rings is 2. The minimum atomic E-state index is -0.297. The number of aliphatic hydroxyl groups excluding tert-OH is 1. The van der Waals surface area contributed by atoms with E-state index in [1.54, 1.807) is 30.7 Å². The van der Waals surface area contributed by atoms with Crippen LogP contribution in [0.15, 0.2) is 61.1 Å². The van der Waals surface area contributed by atoms with Gasteiger partial charge < -0.3 is 15.2 Å². The highest BCUT2D eigenvalue weighted by Gasteiger charge is 2.36. The number of benzene rings is 1. The van der Waals surface area contributed by atoms with E-state index in [2.05, 4.69) is 21.4 Å². The van der Waals surface area contributed by atoms with Crippen LogP contribution in [-0.4, -0.2) is 33.7 Å². The van der Waals surface area contributed by atoms with Crippen LogP contribution in [0.25, 0.3) is 10.9 Å². The van der Waals surface area contributed by atoms with Crippen molar-refractivity contribution in [1.29, 1.82) is 0 Å². The minimum Gasteiger partial charge on any atom is -0.482 e. The molecule has 2 heterocycles. The largest absolute Gasteiger partial charge is 0.482 e. The highest BCUT2D eigenvalue weighted by Crippen LogP contribution is 2.38. The molecule has 0 aliphatic heterocycles. The lowest BCUT2D eigenvalue weighted by Crippen LogP contribution is -2.42. The Morgan fingerprint density at radius 1 is 1.22 bits per heavy atom. The number of amides is 1. The maximum absolute atomic E-state index is 12.5. The number of hydrogen-bond acceptors (Lipinski definition) is 5. The van der Waals surface area contributed by atoms with Crippen LogP contribution in [-0.2, 0) is 4.79 Å². The van der Waals surface area contributed by atoms with Crippen LogP contribution in [0.5, 0.6) is 5.75 Å². The number of para-hydroxylation sites is 1. The Morgan fingerprint density at radius 3 is 2.85 bits per heavy atom. The summed E-state index contributed by atoms with van der Waals surface area (Å²) in [6.45, 7) is -0.0848. The van der Waals surface area contributed by atoms with Gasteiger partial charge in [0.25, 0.3) is 5.91 Å². The van der Waals surface area contributed by atoms with Gasteiger partial charge >= 0.3 is 0 Å². The van der Waals surface area contributed by atoms with E-state index in [9.17, 15) is 9.90 Å². The van der Waals surface area contributed by atoms with Gasteiger partial charge in [0.05, 0.1) is 23.9 Å². The molecule has 1 aliphatic carbocycles. The molecule has 138 valence electrons. The molecule has 3 aromatic rings. The van der Waals surface area contributed by atoms with Gasteiger partial charge in [-0.25, -0.2) is 0 Å². The fraction of sp³-hybridized carbons (Fsp3) is 0.286. The molecule has 1 aliphatic rings. The van der Waals surface area contributed by atoms with E-state index < -0.39 is 0 Å². The van der Waals surface area contributed by atoms with Gasteiger partial charge in [0.2, 0.25) is 0 Å². The molecule has 1 amide bonds. The maximum atomic E-state index is 12.5. The second-order valence-electron chi connectivity index (χ2n) is 6.87. The van der Waals surface area contributed by atoms with Crippen molar-refractivity contribution < 1.29 is 14.6 Å². The summed E-state index contributed by atoms with van der Waals surface area (Å²) in [6.07, 6.45) is 6.06. The number of carbonyl (C=O) groups excluding carboxylic acids is 1. The lowest BCUT2D eigenvalue weighted by molar-refractivity contribution is -0.125. The lowest BCUT2D eigenvalue weighted by atomic mass is 9.75. The Balaban J connectivity index is 1.49. The first kappa shape index (κ1) is 17.4. The van der Waals surface area contributed by atoms with Crippen LogP contribution in [0.2, 0.25) is 0 Å². The summed E-state index contributed by atoms with van der Waals surface area (Å²) in [5.74, 6) is 0.527. The topological polar surface area (TPSA) is 84.3 Å². The highest BCUT2D eigenvalue weighted by atomic mass is 16.5. The van der Waals surface area contributed by atoms with Crippen molar-refractivity contribution in [1.82, 2.24) is 15.3 Å². The predicted octanol–water partition coefficient (Wildman–Crippen LogP) is 2.64. The molecule has 6 nitrogen and oxygen atoms in total. The molecule has 6 heteroatoms. The molecule has 2 N–H and O–H groups in total. The zero-order valence-corrected chi connectivity index (χ0v) is 14.8. The Labute approximate surface area is 157 Å². The summed E-state index contributed by atoms with van der Waals surface area (Å²) in [4.78, 5) is 20.9. The molecule has 0 bridgehead atoms. The van der Waals surface area contributed by atoms with Crippen LogP contribution in [0.3, 0.4) is 0 Å². The number of nitrogens with one attached hydrogen (secondary N) is 1. The Morgan fingerprint density at radius 2 is 2.07 bits per heavy atom. The molecule has 0 spiro atoms. The number of aliphatic hydroxyl groups is 1. The fourth-order valence-corrected chi connectivity index (χ4v) is 3.43. The average molecular weight is 363 g/mol. The molecule has 1 aromatic carbocycles. The van der Waals surface area contributed by atoms with E-state index in [0.29, 0.717) is 18.6 Å². The summed E-state index contributed by atoms with van der Waals surface area (Å²) in [5.41, 5.74) is 1.86. The predicted molar refractivity (Wildman–Crippen MR) is 101 cm³/mol. The average Bonchev–Trinajstić information content (AvgIpc) is 2.69. The van der Waals surface area contributed by atoms with Gasteiger partial charge in [0, 0.05) is 17.8 Å². The van der Waals surface area contributed by atoms with E-state index in [1.807, 2.05) is 24.3 Å². The van der Waals surface area contributed by atoms with Crippen LogP contribution in [0.1, 0.15) is 24.4 Å². The zero-order chi connectivity index (χ0) is 18.6. The third kappa shape index (κ3) is 4.06. The van der Waals surface area contributed by atoms with Gasteiger partial charge in [-0.3, -0.25) is 14.8 Å². The standard InChI is InChI=1S/C21H21N3O3/c25-17-9-15(10-17)21(16-8-14-4-1-2-6-19(14)23-11-16)24-20(26)13-27-18-5-3-7-22-12-18/h1-8,11-12,15,17,21,25H,9-10,13H2,(H,24,26)/t15?,17?,21-/m1/s1. The van der Waals surface area contributed by atoms with Crippen molar-refractivity contribution >= 4 is 16.8 Å². The van der Waals surface area contributed by atoms with E-state index >= 15 is 0 Å². The van der Waals surface area contributed by atoms with Crippen LogP contribution in [0.4, 0.5) is 0 Å². The minimum absolute atomic E-state index is 0.0848. The van der Waals surface area contributed by atoms with Gasteiger partial charge in [-0.2, -0.15) is 0 Å². The number of hydrogen-bond donors (Lipinski definition) is 2. The highest BCUT2D eigenvalue weighted by molar-refractivity contribution is 5.80. The van der Waals surface area contributed by atoms with Crippen molar-refractivity contribution in [2.75, 3.05) is 6.61 Å². The monoisotopic (exact) mass is 363 g/mol. The SMILES string of the molecule is O=C(COc1cccnc1)N[C@@H](c1cnc2ccccc2c1)C1CC(O)C1. The number of carbonyl (C=O) groups is 1. The molecule has 0 saturated heterocycles. The summed E-state index contributed by atoms with van der Waals surface area (Å²) in [6, 6.07) is 13.3. The van der Waals surface area contributed by atoms with Gasteiger partial charge in [0.1, 0.15) is 5.75 Å². The smallest absolute Gasteiger partial charge is 0.258 e. The molecule has 0 radical (unpaired) electrons. The second-order valence-corrected chi connectivity index (χ2v) is 6.87. The normalized spacial score (nSPS) is 19.9. The molecule has 1 atom stereocenters. The van der Waals surface area contributed by atoms with E-state index in [4.69, 9.17) is 4.74 Å². The van der Waals surface area contributed by atoms with Gasteiger partial charge in [0.15, 0.2) is 6.61 Å². The number of ether oxygens (including phenoxy) is 1. The molecule has 1 fully saturated rings. The molecule has 27 heavy (non-hydrogen) atoms. The van der Waals surface area contributed by atoms with Gasteiger partial charge in [-0.1, -0.05) is 18.2 Å². The van der Waals surface area contributed by atoms with Crippen molar-refractivity contribution in [3.8, 4) is 5.75 Å². The van der Waals surface area contributed by atoms with Crippen LogP contribution >= 0.6 is 0 Å². The molecule has 2 aromatic heterocycles. The third-order valence-corrected chi connectivity index (χ3v) is 4.91. The Hall–Kier alpha value is -2.99. The second kappa shape index (κ2) is 7.72. The Kier molecular flexibility index (Phi) is 4.98. The van der Waals surface area contributed by atoms with Gasteiger partial charge in [-0.05, 0) is 48.6 Å². The molecular formula is C21H21N3O3. The number of nitrogens with zero attached hydrogens (tertiary/aromatic N) is 2. The number of aromatic nitrogens is 2. The first-order valence-corrected chi connectivity index (χ1v) is 9.04. The van der Waals surface area contributed by atoms with Crippen molar-refractivity contribution in [2.24, 2.45) is 5.92 Å². The maximum Gasteiger partial charge on any atom is 0.258 e. The fourth-order valence-electron chi connectivity index (χ4n) is 3.43. The van der Waals surface area contributed by atoms with Crippen LogP contribution < -0.4 is 10.1 Å². The van der Waals surface area contributed by atoms with E-state index in [0.717, 1.165) is 16.5 Å². The van der Waals surface area contributed by atoms with Crippen molar-refractivity contribution in [3.63, 3.8) is 0 Å². The summed E-state index contributed by atoms with van der Waals surface area (Å²) in [7, 11) is 0. The molecule has 4 rings (SSSR count). The Bertz CT molecular complexity index is 926. The molecular weight excluding hydrogens is 342 g/mol. The van der Waals surface area contributed by atoms with Crippen molar-refractivity contribution in [2.45, 2.75) is 25.0 Å². The first-order valence-electron chi connectivity index (χ1n) is 9.04. The summed E-state index contributed by atoms with van der Waals surface area (Å²) in [5, 5.41) is 13.8. The lowest BCUT2D eigenvalue weighted by Gasteiger charge is -2.38. The number of rotatable bonds is 6. The molecule has 0 unspecified atom stereocenters. The molecule has 1 saturated carbocycles. The van der Waals surface area contributed by atoms with E-state index in [-0.39, 0.29) is 30.6 Å². The quantitative estimate of drug-likeness (QED) is 0.703.